The molecular weight excluding hydrogens is 417 g/mol. The maximum atomic E-state index is 14.0. The summed E-state index contributed by atoms with van der Waals surface area (Å²) < 4.78 is 47.5. The SMILES string of the molecule is C[C@]1(O)[C@@H](O)[C@H](n2ccc3c(N)ncnc32)O[C@@H]1[C@](C)(O)c1cc(F)cc(C(F)F)c1. The number of rotatable bonds is 4. The van der Waals surface area contributed by atoms with Crippen molar-refractivity contribution in [3.05, 3.63) is 53.7 Å². The molecule has 0 radical (unpaired) electrons. The zero-order valence-corrected chi connectivity index (χ0v) is 16.6. The van der Waals surface area contributed by atoms with Crippen LogP contribution in [-0.4, -0.2) is 47.7 Å². The Hall–Kier alpha value is -2.73. The smallest absolute Gasteiger partial charge is 0.263 e. The highest BCUT2D eigenvalue weighted by atomic mass is 19.3. The highest BCUT2D eigenvalue weighted by molar-refractivity contribution is 5.86. The van der Waals surface area contributed by atoms with E-state index in [1.807, 2.05) is 0 Å². The minimum Gasteiger partial charge on any atom is -0.385 e. The van der Waals surface area contributed by atoms with Gasteiger partial charge in [-0.15, -0.1) is 0 Å². The first-order valence-electron chi connectivity index (χ1n) is 9.39. The predicted octanol–water partition coefficient (Wildman–Crippen LogP) is 2.01. The Morgan fingerprint density at radius 3 is 2.68 bits per heavy atom. The molecule has 0 aliphatic carbocycles. The van der Waals surface area contributed by atoms with Crippen molar-refractivity contribution >= 4 is 16.9 Å². The van der Waals surface area contributed by atoms with Crippen LogP contribution in [0.3, 0.4) is 0 Å². The number of aliphatic hydroxyl groups excluding tert-OH is 1. The van der Waals surface area contributed by atoms with Crippen molar-refractivity contribution in [2.24, 2.45) is 0 Å². The van der Waals surface area contributed by atoms with Crippen molar-refractivity contribution in [2.75, 3.05) is 5.73 Å². The molecule has 4 rings (SSSR count). The van der Waals surface area contributed by atoms with E-state index < -0.39 is 47.4 Å². The van der Waals surface area contributed by atoms with E-state index in [4.69, 9.17) is 10.5 Å². The number of hydrogen-bond donors (Lipinski definition) is 4. The van der Waals surface area contributed by atoms with Gasteiger partial charge in [0.05, 0.1) is 5.39 Å². The topological polar surface area (TPSA) is 127 Å². The number of nitrogen functional groups attached to an aromatic ring is 1. The van der Waals surface area contributed by atoms with E-state index in [1.54, 1.807) is 6.07 Å². The van der Waals surface area contributed by atoms with Gasteiger partial charge < -0.3 is 30.4 Å². The van der Waals surface area contributed by atoms with Gasteiger partial charge in [-0.1, -0.05) is 0 Å². The standard InChI is InChI=1S/C20H21F3N4O4/c1-19(29,10-5-9(14(22)23)6-11(21)7-10)18-20(2,30)13(28)17(31-18)27-4-3-12-15(24)25-8-26-16(12)27/h3-8,13-14,17-18,28-30H,1-2H3,(H2,24,25,26)/t13-,17+,18+,19+,20-/m0/s1. The van der Waals surface area contributed by atoms with Crippen LogP contribution in [0.25, 0.3) is 11.0 Å². The minimum atomic E-state index is -2.97. The lowest BCUT2D eigenvalue weighted by Crippen LogP contribution is -2.53. The molecule has 1 saturated heterocycles. The van der Waals surface area contributed by atoms with Gasteiger partial charge in [0, 0.05) is 11.8 Å². The van der Waals surface area contributed by atoms with Gasteiger partial charge in [-0.05, 0) is 43.7 Å². The van der Waals surface area contributed by atoms with Crippen LogP contribution in [0.5, 0.6) is 0 Å². The first-order valence-corrected chi connectivity index (χ1v) is 9.39. The molecule has 3 aromatic rings. The number of ether oxygens (including phenoxy) is 1. The first-order chi connectivity index (χ1) is 14.4. The van der Waals surface area contributed by atoms with Gasteiger partial charge in [-0.2, -0.15) is 0 Å². The second-order valence-electron chi connectivity index (χ2n) is 8.02. The summed E-state index contributed by atoms with van der Waals surface area (Å²) >= 11 is 0. The van der Waals surface area contributed by atoms with E-state index in [2.05, 4.69) is 9.97 Å². The number of anilines is 1. The molecule has 11 heteroatoms. The molecule has 2 aromatic heterocycles. The van der Waals surface area contributed by atoms with Crippen molar-refractivity contribution in [3.63, 3.8) is 0 Å². The van der Waals surface area contributed by atoms with Crippen LogP contribution in [0.15, 0.2) is 36.8 Å². The third-order valence-electron chi connectivity index (χ3n) is 5.76. The number of nitrogens with two attached hydrogens (primary N) is 1. The molecule has 1 aliphatic rings. The Morgan fingerprint density at radius 1 is 1.29 bits per heavy atom. The zero-order chi connectivity index (χ0) is 22.7. The van der Waals surface area contributed by atoms with Crippen LogP contribution in [0.4, 0.5) is 19.0 Å². The van der Waals surface area contributed by atoms with E-state index >= 15 is 0 Å². The summed E-state index contributed by atoms with van der Waals surface area (Å²) in [5.41, 5.74) is 1.10. The summed E-state index contributed by atoms with van der Waals surface area (Å²) in [6.07, 6.45) is -4.50. The number of hydrogen-bond acceptors (Lipinski definition) is 7. The quantitative estimate of drug-likeness (QED) is 0.491. The summed E-state index contributed by atoms with van der Waals surface area (Å²) in [7, 11) is 0. The van der Waals surface area contributed by atoms with E-state index in [1.165, 1.54) is 30.9 Å². The fourth-order valence-electron chi connectivity index (χ4n) is 4.09. The number of aromatic nitrogens is 3. The average Bonchev–Trinajstić information content (AvgIpc) is 3.21. The molecule has 166 valence electrons. The van der Waals surface area contributed by atoms with Crippen LogP contribution in [0.2, 0.25) is 0 Å². The van der Waals surface area contributed by atoms with Crippen molar-refractivity contribution < 1.29 is 33.2 Å². The van der Waals surface area contributed by atoms with Crippen LogP contribution in [-0.2, 0) is 10.3 Å². The first kappa shape index (κ1) is 21.5. The number of benzene rings is 1. The molecule has 5 atom stereocenters. The van der Waals surface area contributed by atoms with Crippen molar-refractivity contribution in [3.8, 4) is 0 Å². The summed E-state index contributed by atoms with van der Waals surface area (Å²) in [4.78, 5) is 8.00. The largest absolute Gasteiger partial charge is 0.385 e. The van der Waals surface area contributed by atoms with E-state index in [9.17, 15) is 28.5 Å². The predicted molar refractivity (Wildman–Crippen MR) is 103 cm³/mol. The second kappa shape index (κ2) is 7.16. The Kier molecular flexibility index (Phi) is 4.97. The highest BCUT2D eigenvalue weighted by Crippen LogP contribution is 2.46. The van der Waals surface area contributed by atoms with Gasteiger partial charge in [0.2, 0.25) is 0 Å². The van der Waals surface area contributed by atoms with Crippen LogP contribution in [0.1, 0.15) is 37.6 Å². The molecule has 3 heterocycles. The van der Waals surface area contributed by atoms with Crippen molar-refractivity contribution in [1.29, 1.82) is 0 Å². The lowest BCUT2D eigenvalue weighted by Gasteiger charge is -2.37. The summed E-state index contributed by atoms with van der Waals surface area (Å²) in [5.74, 6) is -0.780. The molecule has 0 spiro atoms. The number of alkyl halides is 2. The molecule has 8 nitrogen and oxygen atoms in total. The summed E-state index contributed by atoms with van der Waals surface area (Å²) in [6, 6.07) is 4.07. The molecule has 0 bridgehead atoms. The van der Waals surface area contributed by atoms with Crippen LogP contribution >= 0.6 is 0 Å². The van der Waals surface area contributed by atoms with E-state index in [0.717, 1.165) is 12.1 Å². The molecule has 0 unspecified atom stereocenters. The number of fused-ring (bicyclic) bond motifs is 1. The van der Waals surface area contributed by atoms with Crippen molar-refractivity contribution in [2.45, 2.75) is 49.9 Å². The van der Waals surface area contributed by atoms with Gasteiger partial charge in [-0.25, -0.2) is 23.1 Å². The van der Waals surface area contributed by atoms with Crippen LogP contribution in [0, 0.1) is 5.82 Å². The van der Waals surface area contributed by atoms with Gasteiger partial charge >= 0.3 is 0 Å². The Balaban J connectivity index is 1.76. The second-order valence-corrected chi connectivity index (χ2v) is 8.02. The third kappa shape index (κ3) is 3.33. The average molecular weight is 438 g/mol. The maximum Gasteiger partial charge on any atom is 0.263 e. The summed E-state index contributed by atoms with van der Waals surface area (Å²) in [6.45, 7) is 2.43. The van der Waals surface area contributed by atoms with Gasteiger partial charge in [0.1, 0.15) is 47.0 Å². The maximum absolute atomic E-state index is 14.0. The fraction of sp³-hybridized carbons (Fsp3) is 0.400. The molecular formula is C20H21F3N4O4. The lowest BCUT2D eigenvalue weighted by molar-refractivity contribution is -0.161. The van der Waals surface area contributed by atoms with Crippen LogP contribution < -0.4 is 5.73 Å². The Morgan fingerprint density at radius 2 is 2.00 bits per heavy atom. The molecule has 1 fully saturated rings. The molecule has 0 amide bonds. The Bertz CT molecular complexity index is 1130. The summed E-state index contributed by atoms with van der Waals surface area (Å²) in [5, 5.41) is 33.5. The molecule has 1 aliphatic heterocycles. The lowest BCUT2D eigenvalue weighted by atomic mass is 9.79. The number of halogens is 3. The van der Waals surface area contributed by atoms with E-state index in [-0.39, 0.29) is 11.4 Å². The highest BCUT2D eigenvalue weighted by Gasteiger charge is 2.59. The molecule has 1 aromatic carbocycles. The Labute approximate surface area is 174 Å². The monoisotopic (exact) mass is 438 g/mol. The van der Waals surface area contributed by atoms with E-state index in [0.29, 0.717) is 17.1 Å². The minimum absolute atomic E-state index is 0.200. The zero-order valence-electron chi connectivity index (χ0n) is 16.6. The molecule has 31 heavy (non-hydrogen) atoms. The normalized spacial score (nSPS) is 28.4. The number of nitrogens with zero attached hydrogens (tertiary/aromatic N) is 3. The molecule has 0 saturated carbocycles. The third-order valence-corrected chi connectivity index (χ3v) is 5.76. The van der Waals surface area contributed by atoms with Gasteiger partial charge in [0.15, 0.2) is 6.23 Å². The van der Waals surface area contributed by atoms with Crippen molar-refractivity contribution in [1.82, 2.24) is 14.5 Å². The van der Waals surface area contributed by atoms with Gasteiger partial charge in [-0.3, -0.25) is 0 Å². The molecule has 5 N–H and O–H groups in total. The number of aliphatic hydroxyl groups is 3. The fourth-order valence-corrected chi connectivity index (χ4v) is 4.09. The van der Waals surface area contributed by atoms with Gasteiger partial charge in [0.25, 0.3) is 6.43 Å².